The molecule has 0 saturated heterocycles. The van der Waals surface area contributed by atoms with Gasteiger partial charge >= 0.3 is 0 Å². The molecule has 1 amide bonds. The van der Waals surface area contributed by atoms with Crippen molar-refractivity contribution in [2.24, 2.45) is 18.9 Å². The zero-order valence-corrected chi connectivity index (χ0v) is 11.4. The summed E-state index contributed by atoms with van der Waals surface area (Å²) in [6, 6.07) is 2.04. The molecule has 0 aliphatic rings. The predicted molar refractivity (Wildman–Crippen MR) is 68.4 cm³/mol. The largest absolute Gasteiger partial charge is 0.351 e. The van der Waals surface area contributed by atoms with Gasteiger partial charge < -0.3 is 5.32 Å². The maximum Gasteiger partial charge on any atom is 0.237 e. The van der Waals surface area contributed by atoms with Crippen molar-refractivity contribution in [3.05, 3.63) is 17.5 Å². The molecule has 0 spiro atoms. The van der Waals surface area contributed by atoms with E-state index < -0.39 is 5.92 Å². The third-order valence-electron chi connectivity index (χ3n) is 2.87. The van der Waals surface area contributed by atoms with Crippen molar-refractivity contribution in [1.82, 2.24) is 15.1 Å². The summed E-state index contributed by atoms with van der Waals surface area (Å²) < 4.78 is 1.74. The van der Waals surface area contributed by atoms with Gasteiger partial charge in [-0.15, -0.1) is 0 Å². The first-order valence-corrected chi connectivity index (χ1v) is 6.18. The fourth-order valence-corrected chi connectivity index (χ4v) is 1.83. The standard InChI is InChI=1S/C13H20N4O/c1-5-12-10(8-17(4)16-12)7-15-13(18)11(6-14)9(2)3/h8-9,11H,5,7H2,1-4H3,(H,15,18). The van der Waals surface area contributed by atoms with Gasteiger partial charge in [-0.3, -0.25) is 9.48 Å². The fourth-order valence-electron chi connectivity index (χ4n) is 1.83. The minimum absolute atomic E-state index is 0.0227. The van der Waals surface area contributed by atoms with E-state index in [2.05, 4.69) is 10.4 Å². The number of nitriles is 1. The number of hydrogen-bond donors (Lipinski definition) is 1. The first-order valence-electron chi connectivity index (χ1n) is 6.18. The lowest BCUT2D eigenvalue weighted by Crippen LogP contribution is -2.32. The van der Waals surface area contributed by atoms with Crippen LogP contribution in [0.2, 0.25) is 0 Å². The number of carbonyl (C=O) groups excluding carboxylic acids is 1. The Hall–Kier alpha value is -1.83. The third-order valence-corrected chi connectivity index (χ3v) is 2.87. The molecule has 0 saturated carbocycles. The molecule has 1 aromatic rings. The van der Waals surface area contributed by atoms with E-state index in [0.717, 1.165) is 17.7 Å². The van der Waals surface area contributed by atoms with Crippen molar-refractivity contribution in [3.8, 4) is 6.07 Å². The van der Waals surface area contributed by atoms with E-state index in [1.165, 1.54) is 0 Å². The number of nitrogens with zero attached hydrogens (tertiary/aromatic N) is 3. The Morgan fingerprint density at radius 3 is 2.78 bits per heavy atom. The van der Waals surface area contributed by atoms with Crippen molar-refractivity contribution in [2.45, 2.75) is 33.7 Å². The van der Waals surface area contributed by atoms with Gasteiger partial charge in [0.2, 0.25) is 5.91 Å². The first kappa shape index (κ1) is 14.2. The van der Waals surface area contributed by atoms with Gasteiger partial charge in [0.15, 0.2) is 0 Å². The van der Waals surface area contributed by atoms with Crippen LogP contribution in [0.3, 0.4) is 0 Å². The molecule has 1 unspecified atom stereocenters. The molecule has 0 radical (unpaired) electrons. The Labute approximate surface area is 108 Å². The highest BCUT2D eigenvalue weighted by Gasteiger charge is 2.21. The average Bonchev–Trinajstić information content (AvgIpc) is 2.67. The summed E-state index contributed by atoms with van der Waals surface area (Å²) in [6.45, 7) is 6.20. The van der Waals surface area contributed by atoms with E-state index in [0.29, 0.717) is 6.54 Å². The monoisotopic (exact) mass is 248 g/mol. The van der Waals surface area contributed by atoms with Gasteiger partial charge in [-0.2, -0.15) is 10.4 Å². The highest BCUT2D eigenvalue weighted by molar-refractivity contribution is 5.81. The summed E-state index contributed by atoms with van der Waals surface area (Å²) in [4.78, 5) is 11.8. The van der Waals surface area contributed by atoms with E-state index >= 15 is 0 Å². The van der Waals surface area contributed by atoms with Crippen LogP contribution in [0.25, 0.3) is 0 Å². The molecule has 1 aromatic heterocycles. The fraction of sp³-hybridized carbons (Fsp3) is 0.615. The first-order chi connectivity index (χ1) is 8.49. The van der Waals surface area contributed by atoms with Crippen LogP contribution in [0.5, 0.6) is 0 Å². The molecule has 0 fully saturated rings. The lowest BCUT2D eigenvalue weighted by atomic mass is 9.96. The van der Waals surface area contributed by atoms with Gasteiger partial charge in [-0.25, -0.2) is 0 Å². The highest BCUT2D eigenvalue weighted by atomic mass is 16.1. The molecule has 1 N–H and O–H groups in total. The summed E-state index contributed by atoms with van der Waals surface area (Å²) in [5.41, 5.74) is 1.99. The van der Waals surface area contributed by atoms with E-state index in [1.807, 2.05) is 40.1 Å². The number of carbonyl (C=O) groups is 1. The number of rotatable bonds is 5. The molecule has 0 bridgehead atoms. The number of amides is 1. The quantitative estimate of drug-likeness (QED) is 0.856. The highest BCUT2D eigenvalue weighted by Crippen LogP contribution is 2.11. The van der Waals surface area contributed by atoms with Crippen molar-refractivity contribution >= 4 is 5.91 Å². The van der Waals surface area contributed by atoms with Crippen LogP contribution in [-0.4, -0.2) is 15.7 Å². The Balaban J connectivity index is 2.65. The molecule has 1 heterocycles. The van der Waals surface area contributed by atoms with Crippen LogP contribution in [-0.2, 0) is 24.8 Å². The van der Waals surface area contributed by atoms with Gasteiger partial charge in [0.05, 0.1) is 11.8 Å². The van der Waals surface area contributed by atoms with E-state index in [-0.39, 0.29) is 11.8 Å². The van der Waals surface area contributed by atoms with Crippen LogP contribution < -0.4 is 5.32 Å². The zero-order chi connectivity index (χ0) is 13.7. The van der Waals surface area contributed by atoms with Crippen molar-refractivity contribution in [3.63, 3.8) is 0 Å². The predicted octanol–water partition coefficient (Wildman–Crippen LogP) is 1.39. The minimum atomic E-state index is -0.591. The van der Waals surface area contributed by atoms with Crippen LogP contribution in [0, 0.1) is 23.2 Å². The van der Waals surface area contributed by atoms with Gasteiger partial charge in [-0.05, 0) is 12.3 Å². The molecular formula is C13H20N4O. The molecule has 18 heavy (non-hydrogen) atoms. The van der Waals surface area contributed by atoms with Crippen LogP contribution in [0.15, 0.2) is 6.20 Å². The van der Waals surface area contributed by atoms with E-state index in [9.17, 15) is 4.79 Å². The average molecular weight is 248 g/mol. The second kappa shape index (κ2) is 6.20. The van der Waals surface area contributed by atoms with Crippen LogP contribution >= 0.6 is 0 Å². The summed E-state index contributed by atoms with van der Waals surface area (Å²) in [5, 5.41) is 16.1. The molecule has 5 heteroatoms. The minimum Gasteiger partial charge on any atom is -0.351 e. The molecule has 0 aromatic carbocycles. The zero-order valence-electron chi connectivity index (χ0n) is 11.4. The SMILES string of the molecule is CCc1nn(C)cc1CNC(=O)C(C#N)C(C)C. The lowest BCUT2D eigenvalue weighted by Gasteiger charge is -2.12. The Bertz CT molecular complexity index is 456. The molecule has 1 atom stereocenters. The third kappa shape index (κ3) is 3.33. The normalized spacial score (nSPS) is 12.2. The maximum absolute atomic E-state index is 11.8. The number of aromatic nitrogens is 2. The molecule has 0 aliphatic heterocycles. The number of aryl methyl sites for hydroxylation is 2. The Morgan fingerprint density at radius 1 is 1.61 bits per heavy atom. The Kier molecular flexibility index (Phi) is 4.90. The molecular weight excluding hydrogens is 228 g/mol. The topological polar surface area (TPSA) is 70.7 Å². The van der Waals surface area contributed by atoms with Crippen molar-refractivity contribution < 1.29 is 4.79 Å². The second-order valence-corrected chi connectivity index (χ2v) is 4.70. The van der Waals surface area contributed by atoms with E-state index in [4.69, 9.17) is 5.26 Å². The molecule has 0 aliphatic carbocycles. The summed E-state index contributed by atoms with van der Waals surface area (Å²) in [5.74, 6) is -0.778. The summed E-state index contributed by atoms with van der Waals surface area (Å²) in [7, 11) is 1.86. The number of nitrogens with one attached hydrogen (secondary N) is 1. The molecule has 1 rings (SSSR count). The van der Waals surface area contributed by atoms with Crippen molar-refractivity contribution in [1.29, 1.82) is 5.26 Å². The Morgan fingerprint density at radius 2 is 2.28 bits per heavy atom. The van der Waals surface area contributed by atoms with Gasteiger partial charge in [-0.1, -0.05) is 20.8 Å². The summed E-state index contributed by atoms with van der Waals surface area (Å²) >= 11 is 0. The number of hydrogen-bond acceptors (Lipinski definition) is 3. The van der Waals surface area contributed by atoms with Crippen LogP contribution in [0.4, 0.5) is 0 Å². The molecule has 98 valence electrons. The smallest absolute Gasteiger partial charge is 0.237 e. The van der Waals surface area contributed by atoms with Crippen LogP contribution in [0.1, 0.15) is 32.0 Å². The second-order valence-electron chi connectivity index (χ2n) is 4.70. The van der Waals surface area contributed by atoms with Crippen molar-refractivity contribution in [2.75, 3.05) is 0 Å². The maximum atomic E-state index is 11.8. The van der Waals surface area contributed by atoms with Gasteiger partial charge in [0, 0.05) is 25.4 Å². The van der Waals surface area contributed by atoms with E-state index in [1.54, 1.807) is 4.68 Å². The molecule has 5 nitrogen and oxygen atoms in total. The summed E-state index contributed by atoms with van der Waals surface area (Å²) in [6.07, 6.45) is 2.73. The van der Waals surface area contributed by atoms with Gasteiger partial charge in [0.25, 0.3) is 0 Å². The lowest BCUT2D eigenvalue weighted by molar-refractivity contribution is -0.124. The van der Waals surface area contributed by atoms with Gasteiger partial charge in [0.1, 0.15) is 5.92 Å².